The summed E-state index contributed by atoms with van der Waals surface area (Å²) in [7, 11) is 0. The van der Waals surface area contributed by atoms with Crippen molar-refractivity contribution in [2.24, 2.45) is 0 Å². The lowest BCUT2D eigenvalue weighted by Gasteiger charge is -2.11. The molecular weight excluding hydrogens is 661 g/mol. The standard InChI is InChI=1S/C48H28N6/c1-5-35-25-39(37-7-3-23-51-47(37)45(35)49-21-1)30-11-9-29(10-12-30)33-15-13-31-17-19-41(53-43(31)27-33)34-16-14-32-18-20-42(54-44(32)28-34)40-26-36-6-2-22-50-46(36)48-38(40)8-4-24-52-48/h1-28H. The molecule has 54 heavy (non-hydrogen) atoms. The summed E-state index contributed by atoms with van der Waals surface area (Å²) in [6.07, 6.45) is 7.29. The Bertz CT molecular complexity index is 3280. The lowest BCUT2D eigenvalue weighted by Crippen LogP contribution is -1.92. The first-order valence-electron chi connectivity index (χ1n) is 17.9. The van der Waals surface area contributed by atoms with Crippen molar-refractivity contribution in [1.82, 2.24) is 29.9 Å². The number of aromatic nitrogens is 6. The van der Waals surface area contributed by atoms with Crippen LogP contribution in [0.25, 0.3) is 110 Å². The average molecular weight is 689 g/mol. The van der Waals surface area contributed by atoms with Gasteiger partial charge in [0.15, 0.2) is 0 Å². The minimum atomic E-state index is 0.880. The highest BCUT2D eigenvalue weighted by molar-refractivity contribution is 6.11. The van der Waals surface area contributed by atoms with Crippen LogP contribution in [0.15, 0.2) is 170 Å². The Morgan fingerprint density at radius 2 is 0.759 bits per heavy atom. The Balaban J connectivity index is 0.948. The third-order valence-electron chi connectivity index (χ3n) is 10.4. The van der Waals surface area contributed by atoms with Gasteiger partial charge in [-0.25, -0.2) is 9.97 Å². The molecule has 0 fully saturated rings. The van der Waals surface area contributed by atoms with Crippen LogP contribution in [0, 0.1) is 0 Å². The van der Waals surface area contributed by atoms with Crippen LogP contribution in [0.4, 0.5) is 0 Å². The third-order valence-corrected chi connectivity index (χ3v) is 10.4. The summed E-state index contributed by atoms with van der Waals surface area (Å²) in [4.78, 5) is 29.0. The maximum Gasteiger partial charge on any atom is 0.0971 e. The minimum Gasteiger partial charge on any atom is -0.254 e. The van der Waals surface area contributed by atoms with Gasteiger partial charge >= 0.3 is 0 Å². The van der Waals surface area contributed by atoms with E-state index in [1.807, 2.05) is 49.1 Å². The third kappa shape index (κ3) is 4.96. The molecule has 0 radical (unpaired) electrons. The Labute approximate surface area is 309 Å². The highest BCUT2D eigenvalue weighted by Gasteiger charge is 2.14. The molecule has 0 spiro atoms. The van der Waals surface area contributed by atoms with Crippen molar-refractivity contribution in [1.29, 1.82) is 0 Å². The van der Waals surface area contributed by atoms with Crippen LogP contribution in [0.1, 0.15) is 0 Å². The van der Waals surface area contributed by atoms with Crippen LogP contribution >= 0.6 is 0 Å². The lowest BCUT2D eigenvalue weighted by atomic mass is 9.95. The maximum absolute atomic E-state index is 5.18. The molecule has 11 rings (SSSR count). The van der Waals surface area contributed by atoms with Gasteiger partial charge in [-0.05, 0) is 82.9 Å². The van der Waals surface area contributed by atoms with Crippen molar-refractivity contribution in [3.8, 4) is 44.8 Å². The number of hydrogen-bond donors (Lipinski definition) is 0. The van der Waals surface area contributed by atoms with Gasteiger partial charge in [0.2, 0.25) is 0 Å². The summed E-state index contributed by atoms with van der Waals surface area (Å²) in [5.74, 6) is 0. The SMILES string of the molecule is c1cnc2c(c1)cc(-c1ccc(-c3ccc4ccc(-c5ccc6ccc(-c7cc8cccnc8c8ncccc78)nc6c5)nc4c3)cc1)c1cccnc12. The van der Waals surface area contributed by atoms with Crippen molar-refractivity contribution in [3.05, 3.63) is 170 Å². The van der Waals surface area contributed by atoms with Crippen molar-refractivity contribution in [2.45, 2.75) is 0 Å². The van der Waals surface area contributed by atoms with Crippen LogP contribution in [0.3, 0.4) is 0 Å². The molecule has 6 heteroatoms. The summed E-state index contributed by atoms with van der Waals surface area (Å²) in [6, 6.07) is 50.8. The Hall–Kier alpha value is -7.44. The number of hydrogen-bond acceptors (Lipinski definition) is 6. The van der Waals surface area contributed by atoms with Crippen LogP contribution in [0.5, 0.6) is 0 Å². The minimum absolute atomic E-state index is 0.880. The molecule has 6 heterocycles. The van der Waals surface area contributed by atoms with E-state index in [1.165, 1.54) is 0 Å². The molecule has 0 bridgehead atoms. The number of rotatable bonds is 4. The fourth-order valence-corrected chi connectivity index (χ4v) is 7.73. The van der Waals surface area contributed by atoms with E-state index >= 15 is 0 Å². The van der Waals surface area contributed by atoms with E-state index in [4.69, 9.17) is 19.9 Å². The molecule has 0 aliphatic rings. The zero-order chi connectivity index (χ0) is 35.6. The number of fused-ring (bicyclic) bond motifs is 8. The van der Waals surface area contributed by atoms with Crippen LogP contribution < -0.4 is 0 Å². The first kappa shape index (κ1) is 30.2. The maximum atomic E-state index is 5.18. The van der Waals surface area contributed by atoms with Gasteiger partial charge in [0.1, 0.15) is 0 Å². The topological polar surface area (TPSA) is 77.3 Å². The molecule has 0 aliphatic carbocycles. The van der Waals surface area contributed by atoms with Crippen LogP contribution in [-0.4, -0.2) is 29.9 Å². The van der Waals surface area contributed by atoms with Gasteiger partial charge < -0.3 is 0 Å². The van der Waals surface area contributed by atoms with Crippen molar-refractivity contribution >= 4 is 65.4 Å². The normalized spacial score (nSPS) is 11.7. The highest BCUT2D eigenvalue weighted by Crippen LogP contribution is 2.36. The molecule has 0 saturated heterocycles. The molecule has 0 N–H and O–H groups in total. The van der Waals surface area contributed by atoms with Crippen molar-refractivity contribution < 1.29 is 0 Å². The molecule has 6 nitrogen and oxygen atoms in total. The van der Waals surface area contributed by atoms with Gasteiger partial charge in [-0.2, -0.15) is 0 Å². The van der Waals surface area contributed by atoms with E-state index < -0.39 is 0 Å². The molecule has 0 atom stereocenters. The Kier molecular flexibility index (Phi) is 6.75. The predicted octanol–water partition coefficient (Wildman–Crippen LogP) is 11.6. The quantitative estimate of drug-likeness (QED) is 0.171. The lowest BCUT2D eigenvalue weighted by molar-refractivity contribution is 1.36. The summed E-state index contributed by atoms with van der Waals surface area (Å²) >= 11 is 0. The second-order valence-electron chi connectivity index (χ2n) is 13.6. The first-order valence-corrected chi connectivity index (χ1v) is 17.9. The van der Waals surface area contributed by atoms with Crippen molar-refractivity contribution in [2.75, 3.05) is 0 Å². The molecular formula is C48H28N6. The molecule has 5 aromatic carbocycles. The summed E-state index contributed by atoms with van der Waals surface area (Å²) in [5, 5.41) is 6.41. The van der Waals surface area contributed by atoms with Gasteiger partial charge in [-0.3, -0.25) is 19.9 Å². The molecule has 0 saturated carbocycles. The van der Waals surface area contributed by atoms with E-state index in [1.54, 1.807) is 0 Å². The predicted molar refractivity (Wildman–Crippen MR) is 220 cm³/mol. The fourth-order valence-electron chi connectivity index (χ4n) is 7.73. The van der Waals surface area contributed by atoms with Crippen LogP contribution in [-0.2, 0) is 0 Å². The molecule has 250 valence electrons. The van der Waals surface area contributed by atoms with E-state index in [0.717, 1.165) is 110 Å². The second kappa shape index (κ2) is 12.1. The molecule has 0 amide bonds. The zero-order valence-corrected chi connectivity index (χ0v) is 28.8. The van der Waals surface area contributed by atoms with E-state index in [-0.39, 0.29) is 0 Å². The highest BCUT2D eigenvalue weighted by atomic mass is 14.7. The van der Waals surface area contributed by atoms with E-state index in [9.17, 15) is 0 Å². The van der Waals surface area contributed by atoms with Gasteiger partial charge in [-0.1, -0.05) is 84.9 Å². The molecule has 0 unspecified atom stereocenters. The largest absolute Gasteiger partial charge is 0.254 e. The van der Waals surface area contributed by atoms with Crippen molar-refractivity contribution in [3.63, 3.8) is 0 Å². The average Bonchev–Trinajstić information content (AvgIpc) is 3.25. The molecule has 11 aromatic rings. The van der Waals surface area contributed by atoms with Gasteiger partial charge in [0.25, 0.3) is 0 Å². The van der Waals surface area contributed by atoms with E-state index in [2.05, 4.69) is 131 Å². The second-order valence-corrected chi connectivity index (χ2v) is 13.6. The number of benzene rings is 5. The number of nitrogens with zero attached hydrogens (tertiary/aromatic N) is 6. The van der Waals surface area contributed by atoms with E-state index in [0.29, 0.717) is 0 Å². The fraction of sp³-hybridized carbons (Fsp3) is 0. The van der Waals surface area contributed by atoms with Gasteiger partial charge in [-0.15, -0.1) is 0 Å². The molecule has 0 aliphatic heterocycles. The van der Waals surface area contributed by atoms with Crippen LogP contribution in [0.2, 0.25) is 0 Å². The first-order chi connectivity index (χ1) is 26.7. The Morgan fingerprint density at radius 1 is 0.296 bits per heavy atom. The van der Waals surface area contributed by atoms with Gasteiger partial charge in [0.05, 0.1) is 44.5 Å². The number of pyridine rings is 6. The monoisotopic (exact) mass is 688 g/mol. The zero-order valence-electron chi connectivity index (χ0n) is 28.8. The smallest absolute Gasteiger partial charge is 0.0971 e. The summed E-state index contributed by atoms with van der Waals surface area (Å²) in [6.45, 7) is 0. The molecule has 6 aromatic heterocycles. The summed E-state index contributed by atoms with van der Waals surface area (Å²) in [5.41, 5.74) is 13.9. The Morgan fingerprint density at radius 3 is 1.43 bits per heavy atom. The van der Waals surface area contributed by atoms with Gasteiger partial charge in [0, 0.05) is 68.2 Å². The summed E-state index contributed by atoms with van der Waals surface area (Å²) < 4.78 is 0.